The Kier molecular flexibility index (Phi) is 4.65. The van der Waals surface area contributed by atoms with Gasteiger partial charge in [0.1, 0.15) is 4.88 Å². The Labute approximate surface area is 117 Å². The van der Waals surface area contributed by atoms with E-state index in [2.05, 4.69) is 11.9 Å². The van der Waals surface area contributed by atoms with Crippen LogP contribution in [0, 0.1) is 5.92 Å². The smallest absolute Gasteiger partial charge is 0.348 e. The van der Waals surface area contributed by atoms with Gasteiger partial charge in [0.25, 0.3) is 0 Å². The number of halogens is 1. The normalized spacial score (nSPS) is 17.9. The number of hydrogen-bond donors (Lipinski definition) is 0. The van der Waals surface area contributed by atoms with Crippen molar-refractivity contribution in [3.05, 3.63) is 20.8 Å². The quantitative estimate of drug-likeness (QED) is 0.800. The van der Waals surface area contributed by atoms with Gasteiger partial charge in [0.15, 0.2) is 0 Å². The number of ether oxygens (including phenoxy) is 1. The van der Waals surface area contributed by atoms with Gasteiger partial charge in [-0.3, -0.25) is 0 Å². The average molecular weight is 288 g/mol. The first-order valence-electron chi connectivity index (χ1n) is 6.15. The summed E-state index contributed by atoms with van der Waals surface area (Å²) in [6.45, 7) is 2.30. The minimum absolute atomic E-state index is 0.295. The van der Waals surface area contributed by atoms with E-state index in [0.29, 0.717) is 15.8 Å². The molecular formula is C13H18ClNO2S. The molecular weight excluding hydrogens is 270 g/mol. The van der Waals surface area contributed by atoms with Crippen LogP contribution in [-0.2, 0) is 11.2 Å². The van der Waals surface area contributed by atoms with E-state index < -0.39 is 0 Å². The van der Waals surface area contributed by atoms with Gasteiger partial charge in [-0.25, -0.2) is 4.79 Å². The second-order valence-electron chi connectivity index (χ2n) is 4.82. The van der Waals surface area contributed by atoms with Crippen molar-refractivity contribution in [1.29, 1.82) is 0 Å². The van der Waals surface area contributed by atoms with Crippen LogP contribution in [-0.4, -0.2) is 38.1 Å². The molecule has 0 spiro atoms. The summed E-state index contributed by atoms with van der Waals surface area (Å²) in [6.07, 6.45) is 3.39. The van der Waals surface area contributed by atoms with Gasteiger partial charge >= 0.3 is 5.97 Å². The lowest BCUT2D eigenvalue weighted by atomic mass is 9.93. The molecule has 0 unspecified atom stereocenters. The molecule has 0 N–H and O–H groups in total. The van der Waals surface area contributed by atoms with Gasteiger partial charge in [-0.1, -0.05) is 11.6 Å². The van der Waals surface area contributed by atoms with Crippen LogP contribution in [0.25, 0.3) is 0 Å². The largest absolute Gasteiger partial charge is 0.465 e. The molecule has 0 atom stereocenters. The number of piperidine rings is 1. The van der Waals surface area contributed by atoms with Gasteiger partial charge in [-0.2, -0.15) is 0 Å². The predicted octanol–water partition coefficient (Wildman–Crippen LogP) is 3.07. The summed E-state index contributed by atoms with van der Waals surface area (Å²) in [5, 5.41) is 0.708. The number of likely N-dealkylation sites (tertiary alicyclic amines) is 1. The van der Waals surface area contributed by atoms with Crippen molar-refractivity contribution in [1.82, 2.24) is 4.90 Å². The van der Waals surface area contributed by atoms with Crippen molar-refractivity contribution >= 4 is 28.9 Å². The summed E-state index contributed by atoms with van der Waals surface area (Å²) >= 11 is 7.65. The first kappa shape index (κ1) is 13.8. The number of thiophene rings is 1. The SMILES string of the molecule is COC(=O)c1cc(Cl)c(CC2CCN(C)CC2)s1. The third-order valence-electron chi connectivity index (χ3n) is 3.46. The maximum absolute atomic E-state index is 11.4. The van der Waals surface area contributed by atoms with E-state index in [1.165, 1.54) is 31.3 Å². The lowest BCUT2D eigenvalue weighted by Crippen LogP contribution is -2.30. The minimum atomic E-state index is -0.295. The second-order valence-corrected chi connectivity index (χ2v) is 6.37. The Balaban J connectivity index is 2.01. The Morgan fingerprint density at radius 3 is 2.83 bits per heavy atom. The van der Waals surface area contributed by atoms with E-state index >= 15 is 0 Å². The molecule has 1 aromatic heterocycles. The summed E-state index contributed by atoms with van der Waals surface area (Å²) < 4.78 is 4.71. The number of nitrogens with zero attached hydrogens (tertiary/aromatic N) is 1. The Morgan fingerprint density at radius 1 is 1.56 bits per heavy atom. The highest BCUT2D eigenvalue weighted by Crippen LogP contribution is 2.32. The predicted molar refractivity (Wildman–Crippen MR) is 74.6 cm³/mol. The molecule has 0 aliphatic carbocycles. The molecule has 18 heavy (non-hydrogen) atoms. The van der Waals surface area contributed by atoms with Crippen LogP contribution in [0.3, 0.4) is 0 Å². The molecule has 1 aliphatic rings. The standard InChI is InChI=1S/C13H18ClNO2S/c1-15-5-3-9(4-6-15)7-11-10(14)8-12(18-11)13(16)17-2/h8-9H,3-7H2,1-2H3. The van der Waals surface area contributed by atoms with Gasteiger partial charge in [0.2, 0.25) is 0 Å². The fourth-order valence-corrected chi connectivity index (χ4v) is 3.73. The topological polar surface area (TPSA) is 29.5 Å². The van der Waals surface area contributed by atoms with Crippen molar-refractivity contribution in [3.8, 4) is 0 Å². The summed E-state index contributed by atoms with van der Waals surface area (Å²) in [4.78, 5) is 15.5. The zero-order valence-corrected chi connectivity index (χ0v) is 12.3. The number of esters is 1. The molecule has 0 amide bonds. The van der Waals surface area contributed by atoms with Crippen LogP contribution < -0.4 is 0 Å². The van der Waals surface area contributed by atoms with Crippen molar-refractivity contribution in [2.75, 3.05) is 27.2 Å². The van der Waals surface area contributed by atoms with Crippen LogP contribution >= 0.6 is 22.9 Å². The van der Waals surface area contributed by atoms with Crippen LogP contribution in [0.4, 0.5) is 0 Å². The Bertz CT molecular complexity index is 425. The zero-order chi connectivity index (χ0) is 13.1. The molecule has 2 heterocycles. The van der Waals surface area contributed by atoms with E-state index in [4.69, 9.17) is 16.3 Å². The third-order valence-corrected chi connectivity index (χ3v) is 5.04. The molecule has 1 aliphatic heterocycles. The minimum Gasteiger partial charge on any atom is -0.465 e. The molecule has 0 saturated carbocycles. The second kappa shape index (κ2) is 6.04. The third kappa shape index (κ3) is 3.25. The van der Waals surface area contributed by atoms with Gasteiger partial charge in [-0.05, 0) is 51.4 Å². The van der Waals surface area contributed by atoms with E-state index in [1.54, 1.807) is 6.07 Å². The monoisotopic (exact) mass is 287 g/mol. The number of rotatable bonds is 3. The summed E-state index contributed by atoms with van der Waals surface area (Å²) in [7, 11) is 3.55. The molecule has 1 aromatic rings. The summed E-state index contributed by atoms with van der Waals surface area (Å²) in [5.74, 6) is 0.388. The number of hydrogen-bond acceptors (Lipinski definition) is 4. The first-order valence-corrected chi connectivity index (χ1v) is 7.34. The van der Waals surface area contributed by atoms with E-state index in [-0.39, 0.29) is 5.97 Å². The van der Waals surface area contributed by atoms with E-state index in [1.807, 2.05) is 0 Å². The maximum Gasteiger partial charge on any atom is 0.348 e. The molecule has 100 valence electrons. The van der Waals surface area contributed by atoms with E-state index in [9.17, 15) is 4.79 Å². The van der Waals surface area contributed by atoms with Gasteiger partial charge in [0, 0.05) is 4.88 Å². The Morgan fingerprint density at radius 2 is 2.22 bits per heavy atom. The highest BCUT2D eigenvalue weighted by atomic mass is 35.5. The maximum atomic E-state index is 11.4. The average Bonchev–Trinajstić information content (AvgIpc) is 2.73. The summed E-state index contributed by atoms with van der Waals surface area (Å²) in [6, 6.07) is 1.72. The molecule has 1 saturated heterocycles. The number of carbonyl (C=O) groups excluding carboxylic acids is 1. The van der Waals surface area contributed by atoms with Crippen molar-refractivity contribution in [3.63, 3.8) is 0 Å². The molecule has 2 rings (SSSR count). The van der Waals surface area contributed by atoms with Crippen LogP contribution in [0.5, 0.6) is 0 Å². The van der Waals surface area contributed by atoms with Crippen LogP contribution in [0.2, 0.25) is 5.02 Å². The fourth-order valence-electron chi connectivity index (χ4n) is 2.28. The molecule has 0 aromatic carbocycles. The first-order chi connectivity index (χ1) is 8.60. The van der Waals surface area contributed by atoms with Crippen molar-refractivity contribution in [2.45, 2.75) is 19.3 Å². The Hall–Kier alpha value is -0.580. The molecule has 1 fully saturated rings. The summed E-state index contributed by atoms with van der Waals surface area (Å²) in [5.41, 5.74) is 0. The lowest BCUT2D eigenvalue weighted by molar-refractivity contribution is 0.0606. The van der Waals surface area contributed by atoms with Crippen LogP contribution in [0.1, 0.15) is 27.4 Å². The number of methoxy groups -OCH3 is 1. The van der Waals surface area contributed by atoms with E-state index in [0.717, 1.165) is 24.4 Å². The molecule has 0 bridgehead atoms. The molecule has 3 nitrogen and oxygen atoms in total. The zero-order valence-electron chi connectivity index (χ0n) is 10.7. The van der Waals surface area contributed by atoms with Crippen LogP contribution in [0.15, 0.2) is 6.07 Å². The number of carbonyl (C=O) groups is 1. The fraction of sp³-hybridized carbons (Fsp3) is 0.615. The highest BCUT2D eigenvalue weighted by Gasteiger charge is 2.20. The van der Waals surface area contributed by atoms with Crippen molar-refractivity contribution < 1.29 is 9.53 Å². The molecule has 0 radical (unpaired) electrons. The highest BCUT2D eigenvalue weighted by molar-refractivity contribution is 7.14. The van der Waals surface area contributed by atoms with Gasteiger partial charge in [0.05, 0.1) is 12.1 Å². The molecule has 5 heteroatoms. The lowest BCUT2D eigenvalue weighted by Gasteiger charge is -2.28. The van der Waals surface area contributed by atoms with Crippen molar-refractivity contribution in [2.24, 2.45) is 5.92 Å². The van der Waals surface area contributed by atoms with Gasteiger partial charge in [-0.15, -0.1) is 11.3 Å². The van der Waals surface area contributed by atoms with Gasteiger partial charge < -0.3 is 9.64 Å².